The molecule has 4 heteroatoms. The third-order valence-corrected chi connectivity index (χ3v) is 2.16. The number of hydrogen-bond acceptors (Lipinski definition) is 4. The van der Waals surface area contributed by atoms with E-state index in [1.165, 1.54) is 18.2 Å². The SMILES string of the molecule is CCCOc1cc2oc(=O)ccc2cc1O. The molecule has 0 aliphatic carbocycles. The van der Waals surface area contributed by atoms with Gasteiger partial charge in [0.25, 0.3) is 0 Å². The summed E-state index contributed by atoms with van der Waals surface area (Å²) in [7, 11) is 0. The molecule has 0 atom stereocenters. The Morgan fingerprint density at radius 3 is 2.94 bits per heavy atom. The molecule has 0 fully saturated rings. The Morgan fingerprint density at radius 2 is 2.19 bits per heavy atom. The molecule has 2 rings (SSSR count). The first kappa shape index (κ1) is 10.5. The highest BCUT2D eigenvalue weighted by Crippen LogP contribution is 2.30. The van der Waals surface area contributed by atoms with E-state index in [2.05, 4.69) is 0 Å². The fourth-order valence-electron chi connectivity index (χ4n) is 1.41. The Kier molecular flexibility index (Phi) is 2.81. The summed E-state index contributed by atoms with van der Waals surface area (Å²) in [4.78, 5) is 11.0. The van der Waals surface area contributed by atoms with E-state index in [0.717, 1.165) is 6.42 Å². The molecule has 0 saturated carbocycles. The van der Waals surface area contributed by atoms with Gasteiger partial charge in [-0.2, -0.15) is 0 Å². The second kappa shape index (κ2) is 4.26. The molecular formula is C12H12O4. The molecule has 0 aliphatic rings. The summed E-state index contributed by atoms with van der Waals surface area (Å²) in [5.41, 5.74) is -0.00367. The van der Waals surface area contributed by atoms with Gasteiger partial charge in [-0.05, 0) is 18.6 Å². The molecule has 0 spiro atoms. The number of phenols is 1. The summed E-state index contributed by atoms with van der Waals surface area (Å²) in [6, 6.07) is 5.96. The van der Waals surface area contributed by atoms with Gasteiger partial charge in [-0.25, -0.2) is 4.79 Å². The van der Waals surface area contributed by atoms with Crippen LogP contribution in [0.2, 0.25) is 0 Å². The molecule has 0 amide bonds. The fraction of sp³-hybridized carbons (Fsp3) is 0.250. The van der Waals surface area contributed by atoms with Crippen molar-refractivity contribution in [2.45, 2.75) is 13.3 Å². The lowest BCUT2D eigenvalue weighted by Gasteiger charge is -2.07. The molecule has 1 aromatic carbocycles. The van der Waals surface area contributed by atoms with Crippen molar-refractivity contribution in [1.29, 1.82) is 0 Å². The summed E-state index contributed by atoms with van der Waals surface area (Å²) in [5.74, 6) is 0.387. The Labute approximate surface area is 92.1 Å². The van der Waals surface area contributed by atoms with E-state index in [4.69, 9.17) is 9.15 Å². The third kappa shape index (κ3) is 2.00. The highest BCUT2D eigenvalue weighted by Gasteiger charge is 2.06. The van der Waals surface area contributed by atoms with Crippen LogP contribution in [0.15, 0.2) is 33.5 Å². The lowest BCUT2D eigenvalue weighted by Crippen LogP contribution is -1.97. The third-order valence-electron chi connectivity index (χ3n) is 2.16. The van der Waals surface area contributed by atoms with Crippen molar-refractivity contribution in [2.24, 2.45) is 0 Å². The van der Waals surface area contributed by atoms with E-state index in [0.29, 0.717) is 23.3 Å². The Balaban J connectivity index is 2.51. The summed E-state index contributed by atoms with van der Waals surface area (Å²) >= 11 is 0. The molecule has 0 bridgehead atoms. The molecule has 2 aromatic rings. The molecule has 0 radical (unpaired) electrons. The monoisotopic (exact) mass is 220 g/mol. The molecule has 1 N–H and O–H groups in total. The maximum Gasteiger partial charge on any atom is 0.336 e. The van der Waals surface area contributed by atoms with Crippen molar-refractivity contribution in [1.82, 2.24) is 0 Å². The second-order valence-corrected chi connectivity index (χ2v) is 3.46. The van der Waals surface area contributed by atoms with Gasteiger partial charge in [0.1, 0.15) is 5.58 Å². The minimum absolute atomic E-state index is 0.0507. The largest absolute Gasteiger partial charge is 0.504 e. The van der Waals surface area contributed by atoms with Crippen LogP contribution in [0.25, 0.3) is 11.0 Å². The zero-order valence-corrected chi connectivity index (χ0v) is 8.90. The van der Waals surface area contributed by atoms with Crippen LogP contribution in [0.1, 0.15) is 13.3 Å². The van der Waals surface area contributed by atoms with Gasteiger partial charge < -0.3 is 14.3 Å². The van der Waals surface area contributed by atoms with Gasteiger partial charge in [0.2, 0.25) is 0 Å². The quantitative estimate of drug-likeness (QED) is 0.806. The molecule has 4 nitrogen and oxygen atoms in total. The standard InChI is InChI=1S/C12H12O4/c1-2-5-15-11-7-10-8(6-9(11)13)3-4-12(14)16-10/h3-4,6-7,13H,2,5H2,1H3. The zero-order chi connectivity index (χ0) is 11.5. The van der Waals surface area contributed by atoms with E-state index in [9.17, 15) is 9.90 Å². The normalized spacial score (nSPS) is 10.6. The van der Waals surface area contributed by atoms with E-state index >= 15 is 0 Å². The summed E-state index contributed by atoms with van der Waals surface area (Å²) < 4.78 is 10.3. The first-order valence-electron chi connectivity index (χ1n) is 5.10. The minimum Gasteiger partial charge on any atom is -0.504 e. The van der Waals surface area contributed by atoms with Gasteiger partial charge in [-0.3, -0.25) is 0 Å². The number of fused-ring (bicyclic) bond motifs is 1. The maximum atomic E-state index is 11.0. The topological polar surface area (TPSA) is 59.7 Å². The smallest absolute Gasteiger partial charge is 0.336 e. The van der Waals surface area contributed by atoms with Gasteiger partial charge in [-0.1, -0.05) is 6.92 Å². The van der Waals surface area contributed by atoms with Gasteiger partial charge in [0.15, 0.2) is 11.5 Å². The lowest BCUT2D eigenvalue weighted by atomic mass is 10.2. The van der Waals surface area contributed by atoms with Crippen molar-refractivity contribution in [3.8, 4) is 11.5 Å². The van der Waals surface area contributed by atoms with Crippen molar-refractivity contribution in [3.05, 3.63) is 34.7 Å². The van der Waals surface area contributed by atoms with Crippen LogP contribution in [0.4, 0.5) is 0 Å². The number of hydrogen-bond donors (Lipinski definition) is 1. The molecule has 1 heterocycles. The Hall–Kier alpha value is -1.97. The molecule has 16 heavy (non-hydrogen) atoms. The van der Waals surface area contributed by atoms with Crippen LogP contribution >= 0.6 is 0 Å². The zero-order valence-electron chi connectivity index (χ0n) is 8.90. The molecule has 84 valence electrons. The number of ether oxygens (including phenoxy) is 1. The molecular weight excluding hydrogens is 208 g/mol. The summed E-state index contributed by atoms with van der Waals surface area (Å²) in [5, 5.41) is 10.3. The van der Waals surface area contributed by atoms with Crippen molar-refractivity contribution >= 4 is 11.0 Å². The van der Waals surface area contributed by atoms with Crippen molar-refractivity contribution in [2.75, 3.05) is 6.61 Å². The van der Waals surface area contributed by atoms with Crippen LogP contribution in [-0.4, -0.2) is 11.7 Å². The summed E-state index contributed by atoms with van der Waals surface area (Å²) in [6.07, 6.45) is 0.843. The first-order valence-corrected chi connectivity index (χ1v) is 5.10. The highest BCUT2D eigenvalue weighted by atomic mass is 16.5. The van der Waals surface area contributed by atoms with E-state index in [1.807, 2.05) is 6.92 Å². The first-order chi connectivity index (χ1) is 7.70. The molecule has 0 aliphatic heterocycles. The molecule has 0 saturated heterocycles. The van der Waals surface area contributed by atoms with Crippen LogP contribution in [0, 0.1) is 0 Å². The minimum atomic E-state index is -0.417. The van der Waals surface area contributed by atoms with Crippen molar-refractivity contribution < 1.29 is 14.3 Å². The van der Waals surface area contributed by atoms with Gasteiger partial charge in [-0.15, -0.1) is 0 Å². The molecule has 0 unspecified atom stereocenters. The van der Waals surface area contributed by atoms with Crippen LogP contribution < -0.4 is 10.4 Å². The Morgan fingerprint density at radius 1 is 1.38 bits per heavy atom. The van der Waals surface area contributed by atoms with E-state index in [1.54, 1.807) is 6.07 Å². The Bertz CT molecular complexity index is 556. The van der Waals surface area contributed by atoms with E-state index in [-0.39, 0.29) is 5.75 Å². The average molecular weight is 220 g/mol. The number of rotatable bonds is 3. The van der Waals surface area contributed by atoms with Gasteiger partial charge in [0, 0.05) is 17.5 Å². The van der Waals surface area contributed by atoms with E-state index < -0.39 is 5.63 Å². The lowest BCUT2D eigenvalue weighted by molar-refractivity contribution is 0.299. The number of aromatic hydroxyl groups is 1. The average Bonchev–Trinajstić information content (AvgIpc) is 2.27. The van der Waals surface area contributed by atoms with Gasteiger partial charge in [0.05, 0.1) is 6.61 Å². The predicted octanol–water partition coefficient (Wildman–Crippen LogP) is 2.29. The second-order valence-electron chi connectivity index (χ2n) is 3.46. The van der Waals surface area contributed by atoms with Crippen molar-refractivity contribution in [3.63, 3.8) is 0 Å². The van der Waals surface area contributed by atoms with Gasteiger partial charge >= 0.3 is 5.63 Å². The maximum absolute atomic E-state index is 11.0. The number of phenolic OH excluding ortho intramolecular Hbond substituents is 1. The van der Waals surface area contributed by atoms with Crippen LogP contribution in [-0.2, 0) is 0 Å². The predicted molar refractivity (Wildman–Crippen MR) is 59.9 cm³/mol. The highest BCUT2D eigenvalue weighted by molar-refractivity contribution is 5.80. The summed E-state index contributed by atoms with van der Waals surface area (Å²) in [6.45, 7) is 2.48. The number of benzene rings is 1. The van der Waals surface area contributed by atoms with Crippen LogP contribution in [0.3, 0.4) is 0 Å². The van der Waals surface area contributed by atoms with Crippen LogP contribution in [0.5, 0.6) is 11.5 Å². The molecule has 1 aromatic heterocycles. The fourth-order valence-corrected chi connectivity index (χ4v) is 1.41.